The lowest BCUT2D eigenvalue weighted by Crippen LogP contribution is -2.30. The molecular formula is C67H120O6. The van der Waals surface area contributed by atoms with Gasteiger partial charge in [0.1, 0.15) is 13.2 Å². The minimum Gasteiger partial charge on any atom is -0.462 e. The summed E-state index contributed by atoms with van der Waals surface area (Å²) >= 11 is 0. The summed E-state index contributed by atoms with van der Waals surface area (Å²) in [6, 6.07) is 0. The van der Waals surface area contributed by atoms with E-state index in [9.17, 15) is 14.4 Å². The van der Waals surface area contributed by atoms with Crippen LogP contribution in [0.15, 0.2) is 60.8 Å². The lowest BCUT2D eigenvalue weighted by Gasteiger charge is -2.18. The second-order valence-corrected chi connectivity index (χ2v) is 21.3. The highest BCUT2D eigenvalue weighted by molar-refractivity contribution is 5.71. The van der Waals surface area contributed by atoms with Gasteiger partial charge in [-0.25, -0.2) is 0 Å². The smallest absolute Gasteiger partial charge is 0.306 e. The molecule has 0 amide bonds. The Bertz CT molecular complexity index is 1310. The minimum atomic E-state index is -0.784. The molecule has 1 unspecified atom stereocenters. The van der Waals surface area contributed by atoms with Crippen molar-refractivity contribution in [3.8, 4) is 0 Å². The molecule has 0 aliphatic heterocycles. The van der Waals surface area contributed by atoms with E-state index in [4.69, 9.17) is 14.2 Å². The van der Waals surface area contributed by atoms with E-state index in [1.54, 1.807) is 0 Å². The average molecular weight is 1020 g/mol. The van der Waals surface area contributed by atoms with E-state index >= 15 is 0 Å². The van der Waals surface area contributed by atoms with Crippen molar-refractivity contribution in [2.75, 3.05) is 13.2 Å². The average Bonchev–Trinajstić information content (AvgIpc) is 3.39. The highest BCUT2D eigenvalue weighted by Gasteiger charge is 2.19. The maximum Gasteiger partial charge on any atom is 0.306 e. The summed E-state index contributed by atoms with van der Waals surface area (Å²) in [5.74, 6) is -0.890. The van der Waals surface area contributed by atoms with Crippen molar-refractivity contribution >= 4 is 17.9 Å². The van der Waals surface area contributed by atoms with E-state index in [2.05, 4.69) is 81.5 Å². The number of allylic oxidation sites excluding steroid dienone is 10. The zero-order valence-electron chi connectivity index (χ0n) is 48.7. The molecule has 1 atom stereocenters. The molecule has 0 bridgehead atoms. The van der Waals surface area contributed by atoms with E-state index in [1.165, 1.54) is 180 Å². The molecule has 0 aromatic carbocycles. The molecule has 6 heteroatoms. The second-order valence-electron chi connectivity index (χ2n) is 21.3. The van der Waals surface area contributed by atoms with Crippen molar-refractivity contribution in [3.63, 3.8) is 0 Å². The summed E-state index contributed by atoms with van der Waals surface area (Å²) in [5, 5.41) is 0. The standard InChI is InChI=1S/C67H120O6/c1-4-7-10-13-16-19-22-24-26-28-30-31-32-33-34-35-36-38-39-41-43-45-48-51-54-57-60-66(69)72-63-64(62-71-65(68)59-56-53-50-47-21-18-15-12-9-6-3)73-67(70)61-58-55-52-49-46-44-42-40-37-29-27-25-23-20-17-14-11-8-5-2/h8,11-12,15,17,20,25,27,37,40,64H,4-7,9-10,13-14,16,18-19,21-24,26,28-36,38-39,41-63H2,1-3H3/b11-8-,15-12-,20-17-,27-25-,40-37-. The molecule has 0 aliphatic rings. The van der Waals surface area contributed by atoms with Gasteiger partial charge in [0.05, 0.1) is 0 Å². The first-order valence-corrected chi connectivity index (χ1v) is 31.8. The van der Waals surface area contributed by atoms with Gasteiger partial charge in [0.15, 0.2) is 6.10 Å². The van der Waals surface area contributed by atoms with E-state index < -0.39 is 6.10 Å². The second kappa shape index (κ2) is 61.7. The predicted octanol–water partition coefficient (Wildman–Crippen LogP) is 21.6. The van der Waals surface area contributed by atoms with Gasteiger partial charge in [0.2, 0.25) is 0 Å². The third-order valence-electron chi connectivity index (χ3n) is 14.0. The fourth-order valence-electron chi connectivity index (χ4n) is 9.26. The molecule has 0 N–H and O–H groups in total. The zero-order valence-corrected chi connectivity index (χ0v) is 48.7. The van der Waals surface area contributed by atoms with Crippen LogP contribution in [0.5, 0.6) is 0 Å². The Labute approximate surface area is 453 Å². The van der Waals surface area contributed by atoms with Gasteiger partial charge in [-0.1, -0.05) is 293 Å². The van der Waals surface area contributed by atoms with Gasteiger partial charge in [-0.2, -0.15) is 0 Å². The molecule has 6 nitrogen and oxygen atoms in total. The molecule has 0 heterocycles. The largest absolute Gasteiger partial charge is 0.462 e. The number of carbonyl (C=O) groups is 3. The van der Waals surface area contributed by atoms with Gasteiger partial charge in [0, 0.05) is 19.3 Å². The maximum atomic E-state index is 12.9. The quantitative estimate of drug-likeness (QED) is 0.0261. The van der Waals surface area contributed by atoms with Crippen LogP contribution in [0.2, 0.25) is 0 Å². The summed E-state index contributed by atoms with van der Waals surface area (Å²) in [7, 11) is 0. The SMILES string of the molecule is CC/C=C\C/C=C\C/C=C\C/C=C\CCCCCCCCC(=O)OC(COC(=O)CCCCCCC/C=C\CCC)COC(=O)CCCCCCCCCCCCCCCCCCCCCCCCCCCC. The van der Waals surface area contributed by atoms with Crippen molar-refractivity contribution in [1.82, 2.24) is 0 Å². The molecule has 0 fully saturated rings. The molecule has 0 aromatic rings. The van der Waals surface area contributed by atoms with Crippen molar-refractivity contribution in [1.29, 1.82) is 0 Å². The monoisotopic (exact) mass is 1020 g/mol. The Hall–Kier alpha value is -2.89. The Kier molecular flexibility index (Phi) is 59.2. The van der Waals surface area contributed by atoms with Gasteiger partial charge in [0.25, 0.3) is 0 Å². The van der Waals surface area contributed by atoms with Crippen LogP contribution >= 0.6 is 0 Å². The first-order valence-electron chi connectivity index (χ1n) is 31.8. The van der Waals surface area contributed by atoms with Crippen LogP contribution in [0.4, 0.5) is 0 Å². The normalized spacial score (nSPS) is 12.4. The fourth-order valence-corrected chi connectivity index (χ4v) is 9.26. The van der Waals surface area contributed by atoms with Gasteiger partial charge in [-0.15, -0.1) is 0 Å². The Morgan fingerprint density at radius 3 is 0.904 bits per heavy atom. The Morgan fingerprint density at radius 2 is 0.562 bits per heavy atom. The van der Waals surface area contributed by atoms with Crippen LogP contribution in [0.1, 0.15) is 329 Å². The third kappa shape index (κ3) is 59.9. The molecule has 0 saturated heterocycles. The van der Waals surface area contributed by atoms with E-state index in [0.717, 1.165) is 109 Å². The highest BCUT2D eigenvalue weighted by atomic mass is 16.6. The van der Waals surface area contributed by atoms with Crippen molar-refractivity contribution in [2.24, 2.45) is 0 Å². The van der Waals surface area contributed by atoms with Crippen LogP contribution in [0.3, 0.4) is 0 Å². The topological polar surface area (TPSA) is 78.9 Å². The van der Waals surface area contributed by atoms with Crippen LogP contribution in [0, 0.1) is 0 Å². The summed E-state index contributed by atoms with van der Waals surface area (Å²) in [6.45, 7) is 6.49. The van der Waals surface area contributed by atoms with Crippen LogP contribution in [-0.4, -0.2) is 37.2 Å². The number of rotatable bonds is 58. The third-order valence-corrected chi connectivity index (χ3v) is 14.0. The lowest BCUT2D eigenvalue weighted by molar-refractivity contribution is -0.167. The lowest BCUT2D eigenvalue weighted by atomic mass is 10.0. The Morgan fingerprint density at radius 1 is 0.288 bits per heavy atom. The molecule has 0 spiro atoms. The zero-order chi connectivity index (χ0) is 52.9. The maximum absolute atomic E-state index is 12.9. The Balaban J connectivity index is 4.20. The molecule has 0 aromatic heterocycles. The van der Waals surface area contributed by atoms with Crippen molar-refractivity contribution < 1.29 is 28.6 Å². The molecule has 0 aliphatic carbocycles. The van der Waals surface area contributed by atoms with Gasteiger partial charge >= 0.3 is 17.9 Å². The highest BCUT2D eigenvalue weighted by Crippen LogP contribution is 2.18. The van der Waals surface area contributed by atoms with E-state index in [-0.39, 0.29) is 31.1 Å². The molecule has 424 valence electrons. The summed E-state index contributed by atoms with van der Waals surface area (Å²) < 4.78 is 16.9. The summed E-state index contributed by atoms with van der Waals surface area (Å²) in [5.41, 5.74) is 0. The fraction of sp³-hybridized carbons (Fsp3) is 0.806. The minimum absolute atomic E-state index is 0.0801. The number of carbonyl (C=O) groups excluding carboxylic acids is 3. The number of ether oxygens (including phenoxy) is 3. The predicted molar refractivity (Wildman–Crippen MR) is 316 cm³/mol. The number of hydrogen-bond acceptors (Lipinski definition) is 6. The molecular weight excluding hydrogens is 901 g/mol. The van der Waals surface area contributed by atoms with Gasteiger partial charge in [-0.3, -0.25) is 14.4 Å². The van der Waals surface area contributed by atoms with Crippen LogP contribution < -0.4 is 0 Å². The van der Waals surface area contributed by atoms with Crippen molar-refractivity contribution in [3.05, 3.63) is 60.8 Å². The number of esters is 3. The summed E-state index contributed by atoms with van der Waals surface area (Å²) in [4.78, 5) is 38.2. The van der Waals surface area contributed by atoms with Crippen LogP contribution in [-0.2, 0) is 28.6 Å². The first kappa shape index (κ1) is 70.1. The summed E-state index contributed by atoms with van der Waals surface area (Å²) in [6.07, 6.45) is 78.2. The first-order chi connectivity index (χ1) is 36.0. The van der Waals surface area contributed by atoms with E-state index in [1.807, 2.05) is 0 Å². The number of hydrogen-bond donors (Lipinski definition) is 0. The number of unbranched alkanes of at least 4 members (excludes halogenated alkanes) is 37. The van der Waals surface area contributed by atoms with Crippen molar-refractivity contribution in [2.45, 2.75) is 335 Å². The molecule has 0 rings (SSSR count). The van der Waals surface area contributed by atoms with Crippen LogP contribution in [0.25, 0.3) is 0 Å². The molecule has 73 heavy (non-hydrogen) atoms. The molecule has 0 saturated carbocycles. The van der Waals surface area contributed by atoms with Gasteiger partial charge < -0.3 is 14.2 Å². The van der Waals surface area contributed by atoms with E-state index in [0.29, 0.717) is 19.3 Å². The van der Waals surface area contributed by atoms with Gasteiger partial charge in [-0.05, 0) is 77.0 Å². The molecule has 0 radical (unpaired) electrons.